The Labute approximate surface area is 181 Å². The van der Waals surface area contributed by atoms with Crippen LogP contribution in [0.3, 0.4) is 0 Å². The summed E-state index contributed by atoms with van der Waals surface area (Å²) in [6.45, 7) is 9.50. The van der Waals surface area contributed by atoms with Gasteiger partial charge in [-0.2, -0.15) is 4.31 Å². The van der Waals surface area contributed by atoms with Crippen LogP contribution in [0, 0.1) is 0 Å². The molecule has 0 atom stereocenters. The number of thiophene rings is 1. The smallest absolute Gasteiger partial charge is 0.243 e. The number of hydrogen-bond acceptors (Lipinski definition) is 5. The van der Waals surface area contributed by atoms with Crippen molar-refractivity contribution in [3.63, 3.8) is 0 Å². The number of carbonyl (C=O) groups excluding carboxylic acids is 1. The average molecular weight is 456 g/mol. The summed E-state index contributed by atoms with van der Waals surface area (Å²) >= 11 is 7.45. The first kappa shape index (κ1) is 23.6. The molecular weight excluding hydrogens is 430 g/mol. The van der Waals surface area contributed by atoms with Gasteiger partial charge in [-0.1, -0.05) is 31.5 Å². The lowest BCUT2D eigenvalue weighted by molar-refractivity contribution is -0.117. The van der Waals surface area contributed by atoms with Gasteiger partial charge in [-0.05, 0) is 36.4 Å². The van der Waals surface area contributed by atoms with Crippen molar-refractivity contribution in [3.8, 4) is 0 Å². The summed E-state index contributed by atoms with van der Waals surface area (Å²) < 4.78 is 27.2. The number of carbonyl (C=O) groups is 1. The highest BCUT2D eigenvalue weighted by atomic mass is 35.5. The molecule has 0 unspecified atom stereocenters. The van der Waals surface area contributed by atoms with E-state index in [4.69, 9.17) is 11.6 Å². The zero-order chi connectivity index (χ0) is 21.4. The number of sulfonamides is 1. The molecule has 2 aromatic rings. The number of halogens is 1. The Hall–Kier alpha value is -1.71. The minimum atomic E-state index is -3.51. The number of rotatable bonds is 11. The van der Waals surface area contributed by atoms with Crippen LogP contribution in [0.1, 0.15) is 18.7 Å². The molecule has 1 amide bonds. The van der Waals surface area contributed by atoms with Crippen molar-refractivity contribution in [1.29, 1.82) is 0 Å². The topological polar surface area (TPSA) is 69.7 Å². The van der Waals surface area contributed by atoms with E-state index in [0.29, 0.717) is 36.2 Å². The molecule has 0 aliphatic carbocycles. The van der Waals surface area contributed by atoms with E-state index in [1.807, 2.05) is 17.0 Å². The van der Waals surface area contributed by atoms with Crippen molar-refractivity contribution in [1.82, 2.24) is 9.21 Å². The molecule has 6 nitrogen and oxygen atoms in total. The fraction of sp³-hybridized carbons (Fsp3) is 0.350. The first-order valence-electron chi connectivity index (χ1n) is 9.27. The quantitative estimate of drug-likeness (QED) is 0.519. The van der Waals surface area contributed by atoms with Crippen molar-refractivity contribution in [2.24, 2.45) is 0 Å². The summed E-state index contributed by atoms with van der Waals surface area (Å²) in [6, 6.07) is 10.0. The molecule has 0 saturated carbocycles. The zero-order valence-corrected chi connectivity index (χ0v) is 19.0. The highest BCUT2D eigenvalue weighted by Crippen LogP contribution is 2.23. The van der Waals surface area contributed by atoms with E-state index in [1.165, 1.54) is 27.8 Å². The highest BCUT2D eigenvalue weighted by molar-refractivity contribution is 7.89. The van der Waals surface area contributed by atoms with Crippen LogP contribution >= 0.6 is 22.9 Å². The van der Waals surface area contributed by atoms with Crippen molar-refractivity contribution >= 4 is 44.6 Å². The maximum atomic E-state index is 12.5. The first-order chi connectivity index (χ1) is 13.8. The Kier molecular flexibility index (Phi) is 8.85. The van der Waals surface area contributed by atoms with E-state index in [1.54, 1.807) is 32.1 Å². The molecule has 0 aliphatic heterocycles. The molecule has 1 aromatic carbocycles. The van der Waals surface area contributed by atoms with Gasteiger partial charge < -0.3 is 5.32 Å². The standard InChI is InChI=1S/C20H26ClN3O3S2/c1-4-13-23(14-17-9-12-19(21)28-17)15-20(25)22-16-7-10-18(11-8-16)29(26,27)24(5-2)6-3/h4,7-12H,1,5-6,13-15H2,2-3H3,(H,22,25). The van der Waals surface area contributed by atoms with E-state index < -0.39 is 10.0 Å². The molecule has 1 N–H and O–H groups in total. The molecule has 1 heterocycles. The lowest BCUT2D eigenvalue weighted by Crippen LogP contribution is -2.33. The third-order valence-corrected chi connectivity index (χ3v) is 7.52. The normalized spacial score (nSPS) is 11.8. The van der Waals surface area contributed by atoms with Gasteiger partial charge in [0, 0.05) is 36.7 Å². The highest BCUT2D eigenvalue weighted by Gasteiger charge is 2.21. The summed E-state index contributed by atoms with van der Waals surface area (Å²) in [7, 11) is -3.51. The van der Waals surface area contributed by atoms with Gasteiger partial charge >= 0.3 is 0 Å². The van der Waals surface area contributed by atoms with Gasteiger partial charge in [-0.3, -0.25) is 9.69 Å². The Morgan fingerprint density at radius 3 is 2.34 bits per heavy atom. The molecule has 0 fully saturated rings. The van der Waals surface area contributed by atoms with Crippen LogP contribution in [0.15, 0.2) is 53.9 Å². The predicted molar refractivity (Wildman–Crippen MR) is 120 cm³/mol. The summed E-state index contributed by atoms with van der Waals surface area (Å²) in [6.07, 6.45) is 1.75. The number of nitrogens with one attached hydrogen (secondary N) is 1. The van der Waals surface area contributed by atoms with E-state index >= 15 is 0 Å². The molecule has 0 aliphatic rings. The molecule has 0 bridgehead atoms. The maximum absolute atomic E-state index is 12.5. The summed E-state index contributed by atoms with van der Waals surface area (Å²) in [5, 5.41) is 2.81. The summed E-state index contributed by atoms with van der Waals surface area (Å²) in [4.78, 5) is 15.7. The van der Waals surface area contributed by atoms with Crippen molar-refractivity contribution in [2.75, 3.05) is 31.5 Å². The third-order valence-electron chi connectivity index (χ3n) is 4.24. The largest absolute Gasteiger partial charge is 0.325 e. The fourth-order valence-corrected chi connectivity index (χ4v) is 5.44. The lowest BCUT2D eigenvalue weighted by atomic mass is 10.3. The molecule has 0 radical (unpaired) electrons. The molecule has 29 heavy (non-hydrogen) atoms. The van der Waals surface area contributed by atoms with Gasteiger partial charge in [0.15, 0.2) is 0 Å². The molecule has 1 aromatic heterocycles. The number of anilines is 1. The van der Waals surface area contributed by atoms with Gasteiger partial charge in [0.2, 0.25) is 15.9 Å². The van der Waals surface area contributed by atoms with Crippen LogP contribution in [0.2, 0.25) is 4.34 Å². The maximum Gasteiger partial charge on any atom is 0.243 e. The van der Waals surface area contributed by atoms with Gasteiger partial charge in [-0.25, -0.2) is 8.42 Å². The Morgan fingerprint density at radius 2 is 1.83 bits per heavy atom. The molecule has 158 valence electrons. The van der Waals surface area contributed by atoms with Crippen LogP contribution in [-0.2, 0) is 21.4 Å². The molecule has 2 rings (SSSR count). The molecule has 9 heteroatoms. The first-order valence-corrected chi connectivity index (χ1v) is 11.9. The van der Waals surface area contributed by atoms with E-state index in [9.17, 15) is 13.2 Å². The SMILES string of the molecule is C=CCN(CC(=O)Nc1ccc(S(=O)(=O)N(CC)CC)cc1)Cc1ccc(Cl)s1. The number of amides is 1. The zero-order valence-electron chi connectivity index (χ0n) is 16.6. The van der Waals surface area contributed by atoms with Gasteiger partial charge in [0.1, 0.15) is 0 Å². The lowest BCUT2D eigenvalue weighted by Gasteiger charge is -2.20. The van der Waals surface area contributed by atoms with Crippen molar-refractivity contribution in [2.45, 2.75) is 25.3 Å². The third kappa shape index (κ3) is 6.65. The molecule has 0 saturated heterocycles. The average Bonchev–Trinajstić information content (AvgIpc) is 3.07. The second-order valence-electron chi connectivity index (χ2n) is 6.33. The van der Waals surface area contributed by atoms with Gasteiger partial charge in [-0.15, -0.1) is 17.9 Å². The summed E-state index contributed by atoms with van der Waals surface area (Å²) in [5.74, 6) is -0.186. The Balaban J connectivity index is 2.01. The van der Waals surface area contributed by atoms with E-state index in [2.05, 4.69) is 11.9 Å². The number of nitrogens with zero attached hydrogens (tertiary/aromatic N) is 2. The number of hydrogen-bond donors (Lipinski definition) is 1. The van der Waals surface area contributed by atoms with Crippen LogP contribution in [0.25, 0.3) is 0 Å². The molecular formula is C20H26ClN3O3S2. The number of benzene rings is 1. The van der Waals surface area contributed by atoms with E-state index in [-0.39, 0.29) is 17.3 Å². The minimum Gasteiger partial charge on any atom is -0.325 e. The summed E-state index contributed by atoms with van der Waals surface area (Å²) in [5.41, 5.74) is 0.547. The van der Waals surface area contributed by atoms with Crippen molar-refractivity contribution < 1.29 is 13.2 Å². The monoisotopic (exact) mass is 455 g/mol. The molecule has 0 spiro atoms. The fourth-order valence-electron chi connectivity index (χ4n) is 2.85. The van der Waals surface area contributed by atoms with Crippen LogP contribution in [0.5, 0.6) is 0 Å². The Bertz CT molecular complexity index is 923. The predicted octanol–water partition coefficient (Wildman–Crippen LogP) is 4.06. The second-order valence-corrected chi connectivity index (χ2v) is 10.1. The minimum absolute atomic E-state index is 0.182. The van der Waals surface area contributed by atoms with Crippen LogP contribution in [0.4, 0.5) is 5.69 Å². The second kappa shape index (κ2) is 10.9. The van der Waals surface area contributed by atoms with Crippen LogP contribution < -0.4 is 5.32 Å². The van der Waals surface area contributed by atoms with Crippen LogP contribution in [-0.4, -0.2) is 49.7 Å². The van der Waals surface area contributed by atoms with Crippen molar-refractivity contribution in [3.05, 3.63) is 58.3 Å². The van der Waals surface area contributed by atoms with Gasteiger partial charge in [0.05, 0.1) is 15.8 Å². The van der Waals surface area contributed by atoms with Gasteiger partial charge in [0.25, 0.3) is 0 Å². The van der Waals surface area contributed by atoms with E-state index in [0.717, 1.165) is 4.88 Å². The Morgan fingerprint density at radius 1 is 1.17 bits per heavy atom.